The molecule has 180 valence electrons. The summed E-state index contributed by atoms with van der Waals surface area (Å²) in [7, 11) is 0. The molecule has 1 aromatic carbocycles. The zero-order chi connectivity index (χ0) is 24.8. The van der Waals surface area contributed by atoms with Crippen LogP contribution in [0.2, 0.25) is 0 Å². The van der Waals surface area contributed by atoms with Crippen molar-refractivity contribution in [1.82, 2.24) is 20.3 Å². The van der Waals surface area contributed by atoms with E-state index in [9.17, 15) is 23.6 Å². The van der Waals surface area contributed by atoms with Gasteiger partial charge in [-0.1, -0.05) is 12.1 Å². The molecule has 11 heteroatoms. The minimum Gasteiger partial charge on any atom is -0.351 e. The van der Waals surface area contributed by atoms with Gasteiger partial charge in [0.2, 0.25) is 17.7 Å². The number of nitrogens with one attached hydrogen (secondary N) is 1. The summed E-state index contributed by atoms with van der Waals surface area (Å²) in [6, 6.07) is 7.19. The van der Waals surface area contributed by atoms with Crippen LogP contribution in [-0.2, 0) is 9.59 Å². The molecule has 2 heterocycles. The predicted molar refractivity (Wildman–Crippen MR) is 125 cm³/mol. The zero-order valence-corrected chi connectivity index (χ0v) is 19.4. The standard InChI is InChI=1S/C24H22F2N6O2S/c25-24(26)8-5-18(6-9-24)31-23(34)22(17-11-28-14-29-12-17)32(21(33)7-10-27)19-3-1-16(2-4-19)20-13-30-15-35-20/h1-4,11-15,18,22H,5-9H2,(H,31,34). The number of hydrogen-bond donors (Lipinski definition) is 1. The van der Waals surface area contributed by atoms with Crippen LogP contribution in [0.5, 0.6) is 0 Å². The number of aromatic nitrogens is 3. The van der Waals surface area contributed by atoms with E-state index in [0.717, 1.165) is 10.4 Å². The molecule has 1 aliphatic carbocycles. The van der Waals surface area contributed by atoms with Gasteiger partial charge in [0.25, 0.3) is 0 Å². The van der Waals surface area contributed by atoms with Crippen molar-refractivity contribution >= 4 is 28.8 Å². The molecule has 3 aromatic rings. The first kappa shape index (κ1) is 24.3. The lowest BCUT2D eigenvalue weighted by atomic mass is 9.92. The molecule has 0 aliphatic heterocycles. The van der Waals surface area contributed by atoms with E-state index in [1.54, 1.807) is 36.0 Å². The monoisotopic (exact) mass is 496 g/mol. The Morgan fingerprint density at radius 1 is 1.14 bits per heavy atom. The van der Waals surface area contributed by atoms with Crippen molar-refractivity contribution in [2.24, 2.45) is 0 Å². The summed E-state index contributed by atoms with van der Waals surface area (Å²) in [4.78, 5) is 40.9. The van der Waals surface area contributed by atoms with Crippen LogP contribution in [0.25, 0.3) is 10.4 Å². The molecule has 2 aromatic heterocycles. The average Bonchev–Trinajstić information content (AvgIpc) is 3.40. The van der Waals surface area contributed by atoms with Gasteiger partial charge in [0.1, 0.15) is 18.8 Å². The summed E-state index contributed by atoms with van der Waals surface area (Å²) < 4.78 is 27.2. The second kappa shape index (κ2) is 10.7. The number of nitrogens with zero attached hydrogens (tertiary/aromatic N) is 5. The smallest absolute Gasteiger partial charge is 0.248 e. The maximum absolute atomic E-state index is 13.6. The van der Waals surface area contributed by atoms with E-state index in [0.29, 0.717) is 11.3 Å². The second-order valence-corrected chi connectivity index (χ2v) is 9.11. The topological polar surface area (TPSA) is 112 Å². The van der Waals surface area contributed by atoms with Gasteiger partial charge in [-0.3, -0.25) is 19.5 Å². The quantitative estimate of drug-likeness (QED) is 0.523. The number of carbonyl (C=O) groups excluding carboxylic acids is 2. The number of thiazole rings is 1. The molecule has 0 saturated heterocycles. The lowest BCUT2D eigenvalue weighted by Crippen LogP contribution is -2.48. The van der Waals surface area contributed by atoms with Gasteiger partial charge in [-0.15, -0.1) is 11.3 Å². The third kappa shape index (κ3) is 5.84. The Morgan fingerprint density at radius 3 is 2.43 bits per heavy atom. The van der Waals surface area contributed by atoms with Crippen LogP contribution in [0, 0.1) is 11.3 Å². The Balaban J connectivity index is 1.68. The summed E-state index contributed by atoms with van der Waals surface area (Å²) in [6.45, 7) is 0. The molecule has 1 N–H and O–H groups in total. The number of rotatable bonds is 7. The summed E-state index contributed by atoms with van der Waals surface area (Å²) in [5.41, 5.74) is 3.33. The van der Waals surface area contributed by atoms with Crippen molar-refractivity contribution in [3.63, 3.8) is 0 Å². The molecule has 0 bridgehead atoms. The molecule has 4 rings (SSSR count). The van der Waals surface area contributed by atoms with Crippen LogP contribution in [0.3, 0.4) is 0 Å². The summed E-state index contributed by atoms with van der Waals surface area (Å²) in [5.74, 6) is -3.87. The fourth-order valence-corrected chi connectivity index (χ4v) is 4.70. The maximum Gasteiger partial charge on any atom is 0.248 e. The minimum atomic E-state index is -2.73. The molecular weight excluding hydrogens is 474 g/mol. The number of halogens is 2. The Morgan fingerprint density at radius 2 is 1.83 bits per heavy atom. The third-order valence-electron chi connectivity index (χ3n) is 5.83. The van der Waals surface area contributed by atoms with Crippen molar-refractivity contribution in [3.8, 4) is 16.5 Å². The summed E-state index contributed by atoms with van der Waals surface area (Å²) in [5, 5.41) is 12.0. The van der Waals surface area contributed by atoms with Gasteiger partial charge in [-0.25, -0.2) is 18.7 Å². The molecule has 1 aliphatic rings. The Bertz CT molecular complexity index is 1190. The van der Waals surface area contributed by atoms with Crippen molar-refractivity contribution in [3.05, 3.63) is 60.3 Å². The first-order valence-electron chi connectivity index (χ1n) is 11.0. The Kier molecular flexibility index (Phi) is 7.41. The molecule has 1 saturated carbocycles. The summed E-state index contributed by atoms with van der Waals surface area (Å²) in [6.07, 6.45) is 5.05. The van der Waals surface area contributed by atoms with Gasteiger partial charge in [0.15, 0.2) is 0 Å². The lowest BCUT2D eigenvalue weighted by molar-refractivity contribution is -0.127. The van der Waals surface area contributed by atoms with Crippen molar-refractivity contribution in [2.45, 2.75) is 50.1 Å². The normalized spacial score (nSPS) is 16.1. The maximum atomic E-state index is 13.6. The highest BCUT2D eigenvalue weighted by Crippen LogP contribution is 2.35. The van der Waals surface area contributed by atoms with E-state index in [1.807, 2.05) is 6.07 Å². The van der Waals surface area contributed by atoms with Crippen molar-refractivity contribution in [1.29, 1.82) is 5.26 Å². The Hall–Kier alpha value is -3.78. The number of hydrogen-bond acceptors (Lipinski definition) is 7. The fraction of sp³-hybridized carbons (Fsp3) is 0.333. The first-order valence-corrected chi connectivity index (χ1v) is 11.9. The van der Waals surface area contributed by atoms with Crippen LogP contribution >= 0.6 is 11.3 Å². The summed E-state index contributed by atoms with van der Waals surface area (Å²) >= 11 is 1.46. The highest BCUT2D eigenvalue weighted by molar-refractivity contribution is 7.13. The van der Waals surface area contributed by atoms with Gasteiger partial charge >= 0.3 is 0 Å². The molecule has 0 radical (unpaired) electrons. The largest absolute Gasteiger partial charge is 0.351 e. The second-order valence-electron chi connectivity index (χ2n) is 8.22. The van der Waals surface area contributed by atoms with Gasteiger partial charge in [0.05, 0.1) is 16.5 Å². The molecule has 1 atom stereocenters. The Labute approximate surface area is 204 Å². The number of nitriles is 1. The molecule has 8 nitrogen and oxygen atoms in total. The van der Waals surface area contributed by atoms with Gasteiger partial charge in [0, 0.05) is 48.7 Å². The van der Waals surface area contributed by atoms with Crippen molar-refractivity contribution in [2.75, 3.05) is 4.90 Å². The van der Waals surface area contributed by atoms with E-state index in [4.69, 9.17) is 0 Å². The fourth-order valence-electron chi connectivity index (χ4n) is 4.07. The lowest BCUT2D eigenvalue weighted by Gasteiger charge is -2.34. The number of carbonyl (C=O) groups is 2. The van der Waals surface area contributed by atoms with E-state index >= 15 is 0 Å². The molecule has 0 spiro atoms. The zero-order valence-electron chi connectivity index (χ0n) is 18.6. The number of benzene rings is 1. The van der Waals surface area contributed by atoms with E-state index in [1.165, 1.54) is 35.0 Å². The minimum absolute atomic E-state index is 0.131. The van der Waals surface area contributed by atoms with Crippen LogP contribution in [0.1, 0.15) is 43.7 Å². The average molecular weight is 497 g/mol. The molecular formula is C24H22F2N6O2S. The number of amides is 2. The van der Waals surface area contributed by atoms with Crippen LogP contribution in [-0.4, -0.2) is 38.7 Å². The number of anilines is 1. The molecule has 35 heavy (non-hydrogen) atoms. The number of alkyl halides is 2. The van der Waals surface area contributed by atoms with Gasteiger partial charge < -0.3 is 5.32 Å². The van der Waals surface area contributed by atoms with Crippen LogP contribution in [0.15, 0.2) is 54.7 Å². The van der Waals surface area contributed by atoms with E-state index in [2.05, 4.69) is 20.3 Å². The van der Waals surface area contributed by atoms with E-state index in [-0.39, 0.29) is 25.7 Å². The first-order chi connectivity index (χ1) is 16.9. The van der Waals surface area contributed by atoms with Gasteiger partial charge in [-0.2, -0.15) is 5.26 Å². The van der Waals surface area contributed by atoms with Crippen LogP contribution in [0.4, 0.5) is 14.5 Å². The molecule has 1 unspecified atom stereocenters. The third-order valence-corrected chi connectivity index (χ3v) is 6.65. The molecule has 1 fully saturated rings. The van der Waals surface area contributed by atoms with Crippen LogP contribution < -0.4 is 10.2 Å². The van der Waals surface area contributed by atoms with Gasteiger partial charge in [-0.05, 0) is 30.5 Å². The highest BCUT2D eigenvalue weighted by Gasteiger charge is 2.38. The SMILES string of the molecule is N#CCC(=O)N(c1ccc(-c2cncs2)cc1)C(C(=O)NC1CCC(F)(F)CC1)c1cncnc1. The van der Waals surface area contributed by atoms with Crippen molar-refractivity contribution < 1.29 is 18.4 Å². The molecule has 2 amide bonds. The van der Waals surface area contributed by atoms with E-state index < -0.39 is 36.2 Å². The highest BCUT2D eigenvalue weighted by atomic mass is 32.1. The predicted octanol–water partition coefficient (Wildman–Crippen LogP) is 4.28.